The van der Waals surface area contributed by atoms with Gasteiger partial charge in [0.15, 0.2) is 0 Å². The van der Waals surface area contributed by atoms with E-state index in [1.165, 1.54) is 18.2 Å². The molecule has 1 aliphatic rings. The lowest BCUT2D eigenvalue weighted by Crippen LogP contribution is -2.40. The summed E-state index contributed by atoms with van der Waals surface area (Å²) < 4.78 is 5.73. The summed E-state index contributed by atoms with van der Waals surface area (Å²) in [5.41, 5.74) is 2.02. The molecule has 1 aliphatic heterocycles. The van der Waals surface area contributed by atoms with Crippen LogP contribution in [-0.4, -0.2) is 39.3 Å². The number of benzene rings is 1. The lowest BCUT2D eigenvalue weighted by Gasteiger charge is -2.28. The molecule has 0 N–H and O–H groups in total. The van der Waals surface area contributed by atoms with Gasteiger partial charge in [0.25, 0.3) is 5.22 Å². The smallest absolute Gasteiger partial charge is 0.277 e. The molecule has 1 atom stereocenters. The van der Waals surface area contributed by atoms with E-state index in [0.717, 1.165) is 37.1 Å². The fourth-order valence-corrected chi connectivity index (χ4v) is 3.52. The molecule has 0 bridgehead atoms. The van der Waals surface area contributed by atoms with Crippen LogP contribution in [0.3, 0.4) is 0 Å². The highest BCUT2D eigenvalue weighted by molar-refractivity contribution is 8.00. The third-order valence-corrected chi connectivity index (χ3v) is 5.00. The van der Waals surface area contributed by atoms with Crippen molar-refractivity contribution in [1.82, 2.24) is 15.1 Å². The summed E-state index contributed by atoms with van der Waals surface area (Å²) >= 11 is 1.34. The Hall–Kier alpha value is -1.82. The van der Waals surface area contributed by atoms with E-state index >= 15 is 0 Å². The van der Waals surface area contributed by atoms with Crippen LogP contribution in [0.2, 0.25) is 0 Å². The maximum absolute atomic E-state index is 12.4. The lowest BCUT2D eigenvalue weighted by molar-refractivity contribution is -0.131. The fraction of sp³-hybridized carbons (Fsp3) is 0.471. The van der Waals surface area contributed by atoms with Crippen LogP contribution in [0, 0.1) is 6.92 Å². The summed E-state index contributed by atoms with van der Waals surface area (Å²) in [6.45, 7) is 5.64. The van der Waals surface area contributed by atoms with E-state index in [4.69, 9.17) is 4.42 Å². The SMILES string of the molecule is Cc1ccccc1-c1nnc(S[C@H](C)C(=O)N2CCCCC2)o1. The van der Waals surface area contributed by atoms with Crippen molar-refractivity contribution in [2.24, 2.45) is 0 Å². The van der Waals surface area contributed by atoms with Gasteiger partial charge in [0.1, 0.15) is 0 Å². The average Bonchev–Trinajstić information content (AvgIpc) is 3.03. The second kappa shape index (κ2) is 7.17. The number of carbonyl (C=O) groups is 1. The van der Waals surface area contributed by atoms with Crippen molar-refractivity contribution in [1.29, 1.82) is 0 Å². The Morgan fingerprint density at radius 2 is 1.96 bits per heavy atom. The Morgan fingerprint density at radius 3 is 2.70 bits per heavy atom. The van der Waals surface area contributed by atoms with Crippen LogP contribution in [0.25, 0.3) is 11.5 Å². The summed E-state index contributed by atoms with van der Waals surface area (Å²) in [6, 6.07) is 7.89. The van der Waals surface area contributed by atoms with Gasteiger partial charge in [-0.3, -0.25) is 4.79 Å². The Bertz CT molecular complexity index is 680. The molecule has 1 aromatic carbocycles. The van der Waals surface area contributed by atoms with E-state index in [2.05, 4.69) is 10.2 Å². The van der Waals surface area contributed by atoms with Crippen molar-refractivity contribution in [3.63, 3.8) is 0 Å². The lowest BCUT2D eigenvalue weighted by atomic mass is 10.1. The molecule has 1 fully saturated rings. The number of thioether (sulfide) groups is 1. The third-order valence-electron chi connectivity index (χ3n) is 4.08. The van der Waals surface area contributed by atoms with E-state index in [9.17, 15) is 4.79 Å². The van der Waals surface area contributed by atoms with Crippen molar-refractivity contribution in [2.75, 3.05) is 13.1 Å². The minimum Gasteiger partial charge on any atom is -0.411 e. The summed E-state index contributed by atoms with van der Waals surface area (Å²) in [7, 11) is 0. The van der Waals surface area contributed by atoms with E-state index in [-0.39, 0.29) is 11.2 Å². The van der Waals surface area contributed by atoms with Crippen LogP contribution < -0.4 is 0 Å². The number of hydrogen-bond donors (Lipinski definition) is 0. The number of aryl methyl sites for hydroxylation is 1. The van der Waals surface area contributed by atoms with Crippen molar-refractivity contribution in [3.8, 4) is 11.5 Å². The highest BCUT2D eigenvalue weighted by Crippen LogP contribution is 2.28. The number of hydrogen-bond acceptors (Lipinski definition) is 5. The summed E-state index contributed by atoms with van der Waals surface area (Å²) in [5, 5.41) is 8.42. The predicted molar refractivity (Wildman–Crippen MR) is 90.2 cm³/mol. The minimum atomic E-state index is -0.210. The first-order chi connectivity index (χ1) is 11.1. The normalized spacial score (nSPS) is 16.3. The standard InChI is InChI=1S/C17H21N3O2S/c1-12-8-4-5-9-14(12)15-18-19-17(22-15)23-13(2)16(21)20-10-6-3-7-11-20/h4-5,8-9,13H,3,6-7,10-11H2,1-2H3/t13-/m1/s1. The number of carbonyl (C=O) groups excluding carboxylic acids is 1. The van der Waals surface area contributed by atoms with Gasteiger partial charge in [0.2, 0.25) is 11.8 Å². The molecule has 2 heterocycles. The van der Waals surface area contributed by atoms with Gasteiger partial charge in [-0.15, -0.1) is 10.2 Å². The van der Waals surface area contributed by atoms with Crippen molar-refractivity contribution in [3.05, 3.63) is 29.8 Å². The molecule has 0 radical (unpaired) electrons. The molecule has 122 valence electrons. The molecule has 1 aromatic heterocycles. The van der Waals surface area contributed by atoms with E-state index < -0.39 is 0 Å². The van der Waals surface area contributed by atoms with Gasteiger partial charge in [0, 0.05) is 18.7 Å². The number of rotatable bonds is 4. The van der Waals surface area contributed by atoms with Crippen LogP contribution in [0.4, 0.5) is 0 Å². The second-order valence-corrected chi connectivity index (χ2v) is 7.13. The zero-order valence-electron chi connectivity index (χ0n) is 13.5. The first-order valence-electron chi connectivity index (χ1n) is 8.00. The van der Waals surface area contributed by atoms with Crippen LogP contribution in [-0.2, 0) is 4.79 Å². The summed E-state index contributed by atoms with van der Waals surface area (Å²) in [6.07, 6.45) is 3.41. The largest absolute Gasteiger partial charge is 0.411 e. The number of likely N-dealkylation sites (tertiary alicyclic amines) is 1. The van der Waals surface area contributed by atoms with Gasteiger partial charge in [-0.2, -0.15) is 0 Å². The van der Waals surface area contributed by atoms with Gasteiger partial charge in [0.05, 0.1) is 5.25 Å². The first kappa shape index (κ1) is 16.1. The Labute approximate surface area is 140 Å². The molecule has 0 aliphatic carbocycles. The Morgan fingerprint density at radius 1 is 1.22 bits per heavy atom. The molecule has 0 spiro atoms. The van der Waals surface area contributed by atoms with Gasteiger partial charge < -0.3 is 9.32 Å². The monoisotopic (exact) mass is 331 g/mol. The summed E-state index contributed by atoms with van der Waals surface area (Å²) in [4.78, 5) is 14.4. The zero-order valence-corrected chi connectivity index (χ0v) is 14.3. The maximum Gasteiger partial charge on any atom is 0.277 e. The van der Waals surface area contributed by atoms with Crippen LogP contribution in [0.1, 0.15) is 31.7 Å². The molecular formula is C17H21N3O2S. The molecular weight excluding hydrogens is 310 g/mol. The van der Waals surface area contributed by atoms with E-state index in [0.29, 0.717) is 11.1 Å². The Kier molecular flexibility index (Phi) is 5.00. The van der Waals surface area contributed by atoms with Crippen molar-refractivity contribution < 1.29 is 9.21 Å². The molecule has 23 heavy (non-hydrogen) atoms. The van der Waals surface area contributed by atoms with Crippen molar-refractivity contribution >= 4 is 17.7 Å². The van der Waals surface area contributed by atoms with E-state index in [1.807, 2.05) is 43.0 Å². The van der Waals surface area contributed by atoms with Crippen molar-refractivity contribution in [2.45, 2.75) is 43.6 Å². The number of nitrogens with zero attached hydrogens (tertiary/aromatic N) is 3. The topological polar surface area (TPSA) is 59.2 Å². The number of amides is 1. The highest BCUT2D eigenvalue weighted by Gasteiger charge is 2.25. The first-order valence-corrected chi connectivity index (χ1v) is 8.88. The fourth-order valence-electron chi connectivity index (χ4n) is 2.75. The molecule has 0 unspecified atom stereocenters. The van der Waals surface area contributed by atoms with Gasteiger partial charge >= 0.3 is 0 Å². The quantitative estimate of drug-likeness (QED) is 0.802. The predicted octanol–water partition coefficient (Wildman–Crippen LogP) is 3.54. The van der Waals surface area contributed by atoms with Gasteiger partial charge in [-0.05, 0) is 44.7 Å². The minimum absolute atomic E-state index is 0.158. The van der Waals surface area contributed by atoms with Crippen LogP contribution in [0.5, 0.6) is 0 Å². The summed E-state index contributed by atoms with van der Waals surface area (Å²) in [5.74, 6) is 0.661. The van der Waals surface area contributed by atoms with E-state index in [1.54, 1.807) is 0 Å². The molecule has 5 nitrogen and oxygen atoms in total. The van der Waals surface area contributed by atoms with Gasteiger partial charge in [-0.1, -0.05) is 30.0 Å². The second-order valence-electron chi connectivity index (χ2n) is 5.83. The number of aromatic nitrogens is 2. The molecule has 1 saturated heterocycles. The zero-order chi connectivity index (χ0) is 16.2. The highest BCUT2D eigenvalue weighted by atomic mass is 32.2. The molecule has 6 heteroatoms. The molecule has 0 saturated carbocycles. The van der Waals surface area contributed by atoms with Crippen LogP contribution in [0.15, 0.2) is 33.9 Å². The van der Waals surface area contributed by atoms with Crippen LogP contribution >= 0.6 is 11.8 Å². The molecule has 2 aromatic rings. The average molecular weight is 331 g/mol. The molecule has 1 amide bonds. The molecule has 3 rings (SSSR count). The third kappa shape index (κ3) is 3.75. The Balaban J connectivity index is 1.66. The number of piperidine rings is 1. The maximum atomic E-state index is 12.4. The van der Waals surface area contributed by atoms with Gasteiger partial charge in [-0.25, -0.2) is 0 Å².